The lowest BCUT2D eigenvalue weighted by Gasteiger charge is -2.02. The number of fused-ring (bicyclic) bond motifs is 1. The normalized spacial score (nSPS) is 10.7. The minimum Gasteiger partial charge on any atom is -0.298 e. The lowest BCUT2D eigenvalue weighted by atomic mass is 10.2. The number of aromatic nitrogens is 3. The lowest BCUT2D eigenvalue weighted by molar-refractivity contribution is 0.112. The van der Waals surface area contributed by atoms with Gasteiger partial charge in [-0.3, -0.25) is 4.79 Å². The number of benzene rings is 2. The van der Waals surface area contributed by atoms with Gasteiger partial charge in [-0.1, -0.05) is 35.5 Å². The number of aldehydes is 1. The van der Waals surface area contributed by atoms with E-state index in [2.05, 4.69) is 10.3 Å². The fraction of sp³-hybridized carbons (Fsp3) is 0.0714. The molecule has 0 N–H and O–H groups in total. The Morgan fingerprint density at radius 3 is 2.72 bits per heavy atom. The average Bonchev–Trinajstić information content (AvgIpc) is 2.82. The molecule has 0 aliphatic carbocycles. The lowest BCUT2D eigenvalue weighted by Crippen LogP contribution is -2.01. The summed E-state index contributed by atoms with van der Waals surface area (Å²) in [5.74, 6) is 0. The van der Waals surface area contributed by atoms with Crippen LogP contribution in [0.25, 0.3) is 11.0 Å². The Bertz CT molecular complexity index is 689. The zero-order valence-electron chi connectivity index (χ0n) is 9.65. The second-order valence-electron chi connectivity index (χ2n) is 4.10. The third-order valence-electron chi connectivity index (χ3n) is 2.85. The Kier molecular flexibility index (Phi) is 2.61. The van der Waals surface area contributed by atoms with E-state index in [4.69, 9.17) is 0 Å². The minimum absolute atomic E-state index is 0.620. The van der Waals surface area contributed by atoms with Gasteiger partial charge in [-0.2, -0.15) is 0 Å². The molecule has 0 amide bonds. The van der Waals surface area contributed by atoms with E-state index in [0.717, 1.165) is 17.3 Å². The SMILES string of the molecule is O=Cc1ccc2c(c1)nnn2Cc1ccccc1. The molecule has 0 atom stereocenters. The second-order valence-corrected chi connectivity index (χ2v) is 4.10. The number of hydrogen-bond acceptors (Lipinski definition) is 3. The maximum absolute atomic E-state index is 10.7. The van der Waals surface area contributed by atoms with E-state index in [9.17, 15) is 4.79 Å². The van der Waals surface area contributed by atoms with Gasteiger partial charge in [-0.15, -0.1) is 5.10 Å². The molecule has 0 bridgehead atoms. The third kappa shape index (κ3) is 1.88. The number of rotatable bonds is 3. The highest BCUT2D eigenvalue weighted by Crippen LogP contribution is 2.14. The Labute approximate surface area is 104 Å². The van der Waals surface area contributed by atoms with Crippen LogP contribution in [0.5, 0.6) is 0 Å². The molecule has 0 saturated heterocycles. The van der Waals surface area contributed by atoms with Gasteiger partial charge in [0.05, 0.1) is 12.1 Å². The van der Waals surface area contributed by atoms with E-state index in [-0.39, 0.29) is 0 Å². The first kappa shape index (κ1) is 10.7. The molecule has 18 heavy (non-hydrogen) atoms. The summed E-state index contributed by atoms with van der Waals surface area (Å²) in [5.41, 5.74) is 3.47. The first-order valence-electron chi connectivity index (χ1n) is 5.69. The molecule has 0 aliphatic heterocycles. The van der Waals surface area contributed by atoms with Crippen LogP contribution in [0.4, 0.5) is 0 Å². The first-order valence-corrected chi connectivity index (χ1v) is 5.69. The van der Waals surface area contributed by atoms with Crippen molar-refractivity contribution < 1.29 is 4.79 Å². The number of nitrogens with zero attached hydrogens (tertiary/aromatic N) is 3. The van der Waals surface area contributed by atoms with Crippen molar-refractivity contribution in [3.8, 4) is 0 Å². The Morgan fingerprint density at radius 1 is 1.11 bits per heavy atom. The van der Waals surface area contributed by atoms with Crippen LogP contribution in [-0.2, 0) is 6.54 Å². The molecule has 4 nitrogen and oxygen atoms in total. The van der Waals surface area contributed by atoms with Gasteiger partial charge < -0.3 is 0 Å². The third-order valence-corrected chi connectivity index (χ3v) is 2.85. The summed E-state index contributed by atoms with van der Waals surface area (Å²) in [6.45, 7) is 0.678. The minimum atomic E-state index is 0.620. The molecule has 3 aromatic rings. The van der Waals surface area contributed by atoms with Gasteiger partial charge in [0.1, 0.15) is 11.8 Å². The summed E-state index contributed by atoms with van der Waals surface area (Å²) in [7, 11) is 0. The predicted molar refractivity (Wildman–Crippen MR) is 68.5 cm³/mol. The highest BCUT2D eigenvalue weighted by Gasteiger charge is 2.05. The predicted octanol–water partition coefficient (Wildman–Crippen LogP) is 2.29. The average molecular weight is 237 g/mol. The summed E-state index contributed by atoms with van der Waals surface area (Å²) >= 11 is 0. The van der Waals surface area contributed by atoms with Gasteiger partial charge in [-0.05, 0) is 23.8 Å². The summed E-state index contributed by atoms with van der Waals surface area (Å²) in [6, 6.07) is 15.5. The van der Waals surface area contributed by atoms with Crippen LogP contribution in [0.1, 0.15) is 15.9 Å². The zero-order chi connectivity index (χ0) is 12.4. The molecule has 1 aromatic heterocycles. The number of carbonyl (C=O) groups excluding carboxylic acids is 1. The van der Waals surface area contributed by atoms with E-state index >= 15 is 0 Å². The van der Waals surface area contributed by atoms with E-state index in [1.54, 1.807) is 12.1 Å². The molecule has 0 aliphatic rings. The highest BCUT2D eigenvalue weighted by molar-refractivity contribution is 5.84. The molecule has 0 unspecified atom stereocenters. The smallest absolute Gasteiger partial charge is 0.150 e. The topological polar surface area (TPSA) is 47.8 Å². The zero-order valence-corrected chi connectivity index (χ0v) is 9.65. The van der Waals surface area contributed by atoms with Crippen LogP contribution in [0.2, 0.25) is 0 Å². The Morgan fingerprint density at radius 2 is 1.94 bits per heavy atom. The highest BCUT2D eigenvalue weighted by atomic mass is 16.1. The van der Waals surface area contributed by atoms with Crippen LogP contribution in [0.15, 0.2) is 48.5 Å². The Balaban J connectivity index is 2.00. The van der Waals surface area contributed by atoms with Crippen molar-refractivity contribution in [2.24, 2.45) is 0 Å². The van der Waals surface area contributed by atoms with Crippen LogP contribution < -0.4 is 0 Å². The van der Waals surface area contributed by atoms with Gasteiger partial charge in [0.25, 0.3) is 0 Å². The Hall–Kier alpha value is -2.49. The summed E-state index contributed by atoms with van der Waals surface area (Å²) in [6.07, 6.45) is 0.815. The summed E-state index contributed by atoms with van der Waals surface area (Å²) < 4.78 is 1.83. The van der Waals surface area contributed by atoms with Crippen molar-refractivity contribution in [3.05, 3.63) is 59.7 Å². The quantitative estimate of drug-likeness (QED) is 0.657. The fourth-order valence-corrected chi connectivity index (χ4v) is 1.94. The van der Waals surface area contributed by atoms with Gasteiger partial charge >= 0.3 is 0 Å². The molecule has 4 heteroatoms. The van der Waals surface area contributed by atoms with Crippen LogP contribution in [0.3, 0.4) is 0 Å². The van der Waals surface area contributed by atoms with Crippen molar-refractivity contribution in [2.75, 3.05) is 0 Å². The standard InChI is InChI=1S/C14H11N3O/c18-10-12-6-7-14-13(8-12)15-16-17(14)9-11-4-2-1-3-5-11/h1-8,10H,9H2. The first-order chi connectivity index (χ1) is 8.86. The molecule has 0 fully saturated rings. The van der Waals surface area contributed by atoms with Gasteiger partial charge in [0, 0.05) is 5.56 Å². The molecule has 0 radical (unpaired) electrons. The van der Waals surface area contributed by atoms with E-state index in [0.29, 0.717) is 12.1 Å². The van der Waals surface area contributed by atoms with Gasteiger partial charge in [0.15, 0.2) is 0 Å². The van der Waals surface area contributed by atoms with Crippen molar-refractivity contribution in [3.63, 3.8) is 0 Å². The maximum Gasteiger partial charge on any atom is 0.150 e. The van der Waals surface area contributed by atoms with Crippen molar-refractivity contribution in [1.82, 2.24) is 15.0 Å². The molecular formula is C14H11N3O. The van der Waals surface area contributed by atoms with Crippen molar-refractivity contribution in [1.29, 1.82) is 0 Å². The van der Waals surface area contributed by atoms with Crippen molar-refractivity contribution >= 4 is 17.3 Å². The molecular weight excluding hydrogens is 226 g/mol. The van der Waals surface area contributed by atoms with E-state index in [1.165, 1.54) is 5.56 Å². The molecule has 1 heterocycles. The monoisotopic (exact) mass is 237 g/mol. The number of carbonyl (C=O) groups is 1. The maximum atomic E-state index is 10.7. The van der Waals surface area contributed by atoms with Gasteiger partial charge in [-0.25, -0.2) is 4.68 Å². The van der Waals surface area contributed by atoms with Crippen LogP contribution in [0, 0.1) is 0 Å². The number of hydrogen-bond donors (Lipinski definition) is 0. The van der Waals surface area contributed by atoms with E-state index in [1.807, 2.05) is 41.1 Å². The second kappa shape index (κ2) is 4.41. The summed E-state index contributed by atoms with van der Waals surface area (Å²) in [4.78, 5) is 10.7. The van der Waals surface area contributed by atoms with Crippen molar-refractivity contribution in [2.45, 2.75) is 6.54 Å². The largest absolute Gasteiger partial charge is 0.298 e. The van der Waals surface area contributed by atoms with Gasteiger partial charge in [0.2, 0.25) is 0 Å². The molecule has 0 spiro atoms. The van der Waals surface area contributed by atoms with Crippen LogP contribution >= 0.6 is 0 Å². The fourth-order valence-electron chi connectivity index (χ4n) is 1.94. The molecule has 3 rings (SSSR count). The van der Waals surface area contributed by atoms with E-state index < -0.39 is 0 Å². The van der Waals surface area contributed by atoms with Crippen LogP contribution in [-0.4, -0.2) is 21.3 Å². The molecule has 0 saturated carbocycles. The molecule has 2 aromatic carbocycles. The summed E-state index contributed by atoms with van der Waals surface area (Å²) in [5, 5.41) is 8.19. The molecule has 88 valence electrons.